The second-order valence-electron chi connectivity index (χ2n) is 5.58. The van der Waals surface area contributed by atoms with Crippen LogP contribution in [0.5, 0.6) is 0 Å². The first-order valence-corrected chi connectivity index (χ1v) is 7.15. The van der Waals surface area contributed by atoms with E-state index in [1.165, 1.54) is 24.9 Å². The molecule has 1 aliphatic heterocycles. The van der Waals surface area contributed by atoms with Crippen LogP contribution >= 0.6 is 11.6 Å². The lowest BCUT2D eigenvalue weighted by molar-refractivity contribution is 0.179. The Morgan fingerprint density at radius 2 is 2.28 bits per heavy atom. The molecule has 0 spiro atoms. The van der Waals surface area contributed by atoms with E-state index < -0.39 is 0 Å². The molecule has 18 heavy (non-hydrogen) atoms. The number of hydrogen-bond donors (Lipinski definition) is 1. The Kier molecular flexibility index (Phi) is 4.66. The van der Waals surface area contributed by atoms with Gasteiger partial charge in [0.15, 0.2) is 0 Å². The van der Waals surface area contributed by atoms with Gasteiger partial charge in [0.05, 0.1) is 0 Å². The lowest BCUT2D eigenvalue weighted by Crippen LogP contribution is -2.36. The second kappa shape index (κ2) is 6.05. The average Bonchev–Trinajstić information content (AvgIpc) is 2.78. The minimum atomic E-state index is 0.466. The van der Waals surface area contributed by atoms with E-state index in [2.05, 4.69) is 36.3 Å². The zero-order chi connectivity index (χ0) is 13.0. The van der Waals surface area contributed by atoms with E-state index in [-0.39, 0.29) is 0 Å². The van der Waals surface area contributed by atoms with Gasteiger partial charge in [-0.15, -0.1) is 0 Å². The molecule has 1 aromatic carbocycles. The summed E-state index contributed by atoms with van der Waals surface area (Å²) in [5, 5.41) is 4.32. The Morgan fingerprint density at radius 1 is 1.44 bits per heavy atom. The van der Waals surface area contributed by atoms with Crippen molar-refractivity contribution in [2.45, 2.75) is 26.3 Å². The molecule has 2 nitrogen and oxygen atoms in total. The van der Waals surface area contributed by atoms with Gasteiger partial charge >= 0.3 is 0 Å². The van der Waals surface area contributed by atoms with Gasteiger partial charge in [-0.3, -0.25) is 0 Å². The first kappa shape index (κ1) is 13.9. The SMILES string of the molecule is CCC1(CN(C)Cc2cccc(Cl)c2)CCNC1. The second-order valence-corrected chi connectivity index (χ2v) is 6.02. The van der Waals surface area contributed by atoms with Gasteiger partial charge in [-0.1, -0.05) is 30.7 Å². The minimum absolute atomic E-state index is 0.466. The summed E-state index contributed by atoms with van der Waals surface area (Å²) in [4.78, 5) is 2.42. The van der Waals surface area contributed by atoms with Crippen molar-refractivity contribution in [1.82, 2.24) is 10.2 Å². The molecule has 1 unspecified atom stereocenters. The maximum Gasteiger partial charge on any atom is 0.0409 e. The summed E-state index contributed by atoms with van der Waals surface area (Å²) in [6, 6.07) is 8.16. The molecule has 100 valence electrons. The molecular weight excluding hydrogens is 244 g/mol. The summed E-state index contributed by atoms with van der Waals surface area (Å²) in [7, 11) is 2.20. The summed E-state index contributed by atoms with van der Waals surface area (Å²) in [5.74, 6) is 0. The molecule has 0 saturated carbocycles. The zero-order valence-electron chi connectivity index (χ0n) is 11.4. The third kappa shape index (κ3) is 3.47. The van der Waals surface area contributed by atoms with Crippen LogP contribution in [-0.2, 0) is 6.54 Å². The van der Waals surface area contributed by atoms with Gasteiger partial charge in [-0.05, 0) is 49.5 Å². The van der Waals surface area contributed by atoms with Crippen molar-refractivity contribution >= 4 is 11.6 Å². The first-order chi connectivity index (χ1) is 8.63. The van der Waals surface area contributed by atoms with Crippen LogP contribution in [0.15, 0.2) is 24.3 Å². The van der Waals surface area contributed by atoms with Crippen molar-refractivity contribution in [3.05, 3.63) is 34.9 Å². The summed E-state index contributed by atoms with van der Waals surface area (Å²) in [5.41, 5.74) is 1.76. The molecule has 1 aromatic rings. The van der Waals surface area contributed by atoms with E-state index in [1.54, 1.807) is 0 Å². The lowest BCUT2D eigenvalue weighted by atomic mass is 9.84. The topological polar surface area (TPSA) is 15.3 Å². The highest BCUT2D eigenvalue weighted by molar-refractivity contribution is 6.30. The molecule has 2 rings (SSSR count). The van der Waals surface area contributed by atoms with Crippen LogP contribution < -0.4 is 5.32 Å². The Hall–Kier alpha value is -0.570. The van der Waals surface area contributed by atoms with Crippen molar-refractivity contribution in [3.8, 4) is 0 Å². The molecule has 1 aliphatic rings. The Morgan fingerprint density at radius 3 is 2.89 bits per heavy atom. The standard InChI is InChI=1S/C15H23ClN2/c1-3-15(7-8-17-11-15)12-18(2)10-13-5-4-6-14(16)9-13/h4-6,9,17H,3,7-8,10-12H2,1-2H3. The largest absolute Gasteiger partial charge is 0.316 e. The lowest BCUT2D eigenvalue weighted by Gasteiger charge is -2.32. The van der Waals surface area contributed by atoms with Crippen molar-refractivity contribution < 1.29 is 0 Å². The first-order valence-electron chi connectivity index (χ1n) is 6.77. The molecule has 0 amide bonds. The van der Waals surface area contributed by atoms with Gasteiger partial charge in [0, 0.05) is 24.7 Å². The summed E-state index contributed by atoms with van der Waals surface area (Å²) < 4.78 is 0. The van der Waals surface area contributed by atoms with Crippen LogP contribution in [0, 0.1) is 5.41 Å². The van der Waals surface area contributed by atoms with Crippen molar-refractivity contribution in [3.63, 3.8) is 0 Å². The fourth-order valence-corrected chi connectivity index (χ4v) is 3.13. The number of nitrogens with zero attached hydrogens (tertiary/aromatic N) is 1. The predicted octanol–water partition coefficient (Wildman–Crippen LogP) is 3.16. The molecule has 0 aliphatic carbocycles. The van der Waals surface area contributed by atoms with Crippen LogP contribution in [0.3, 0.4) is 0 Å². The summed E-state index contributed by atoms with van der Waals surface area (Å²) >= 11 is 6.02. The van der Waals surface area contributed by atoms with Gasteiger partial charge in [-0.25, -0.2) is 0 Å². The highest BCUT2D eigenvalue weighted by Crippen LogP contribution is 2.30. The molecular formula is C15H23ClN2. The minimum Gasteiger partial charge on any atom is -0.316 e. The van der Waals surface area contributed by atoms with Gasteiger partial charge < -0.3 is 10.2 Å². The normalized spacial score (nSPS) is 23.8. The molecule has 1 N–H and O–H groups in total. The third-order valence-electron chi connectivity index (χ3n) is 4.03. The van der Waals surface area contributed by atoms with Gasteiger partial charge in [0.2, 0.25) is 0 Å². The van der Waals surface area contributed by atoms with Crippen molar-refractivity contribution in [2.24, 2.45) is 5.41 Å². The maximum absolute atomic E-state index is 6.02. The van der Waals surface area contributed by atoms with Crippen molar-refractivity contribution in [1.29, 1.82) is 0 Å². The molecule has 1 fully saturated rings. The molecule has 3 heteroatoms. The van der Waals surface area contributed by atoms with E-state index in [9.17, 15) is 0 Å². The van der Waals surface area contributed by atoms with Gasteiger partial charge in [0.25, 0.3) is 0 Å². The quantitative estimate of drug-likeness (QED) is 0.881. The molecule has 1 saturated heterocycles. The number of rotatable bonds is 5. The molecule has 1 atom stereocenters. The van der Waals surface area contributed by atoms with Gasteiger partial charge in [-0.2, -0.15) is 0 Å². The van der Waals surface area contributed by atoms with Crippen LogP contribution in [-0.4, -0.2) is 31.6 Å². The highest BCUT2D eigenvalue weighted by Gasteiger charge is 2.32. The van der Waals surface area contributed by atoms with E-state index in [0.29, 0.717) is 5.41 Å². The fraction of sp³-hybridized carbons (Fsp3) is 0.600. The number of halogens is 1. The number of nitrogens with one attached hydrogen (secondary N) is 1. The number of hydrogen-bond acceptors (Lipinski definition) is 2. The molecule has 0 radical (unpaired) electrons. The van der Waals surface area contributed by atoms with Crippen LogP contribution in [0.1, 0.15) is 25.3 Å². The average molecular weight is 267 g/mol. The molecule has 0 aromatic heterocycles. The highest BCUT2D eigenvalue weighted by atomic mass is 35.5. The Labute approximate surface area is 115 Å². The maximum atomic E-state index is 6.02. The predicted molar refractivity (Wildman–Crippen MR) is 78.0 cm³/mol. The third-order valence-corrected chi connectivity index (χ3v) is 4.26. The van der Waals surface area contributed by atoms with E-state index in [0.717, 1.165) is 24.7 Å². The van der Waals surface area contributed by atoms with E-state index in [1.807, 2.05) is 12.1 Å². The Bertz CT molecular complexity index is 386. The fourth-order valence-electron chi connectivity index (χ4n) is 2.92. The van der Waals surface area contributed by atoms with Crippen molar-refractivity contribution in [2.75, 3.05) is 26.7 Å². The summed E-state index contributed by atoms with van der Waals surface area (Å²) in [6.07, 6.45) is 2.54. The molecule has 0 bridgehead atoms. The molecule has 1 heterocycles. The monoisotopic (exact) mass is 266 g/mol. The number of benzene rings is 1. The van der Waals surface area contributed by atoms with Crippen LogP contribution in [0.4, 0.5) is 0 Å². The zero-order valence-corrected chi connectivity index (χ0v) is 12.1. The smallest absolute Gasteiger partial charge is 0.0409 e. The summed E-state index contributed by atoms with van der Waals surface area (Å²) in [6.45, 7) is 6.76. The van der Waals surface area contributed by atoms with E-state index >= 15 is 0 Å². The Balaban J connectivity index is 1.93. The van der Waals surface area contributed by atoms with Crippen LogP contribution in [0.25, 0.3) is 0 Å². The van der Waals surface area contributed by atoms with E-state index in [4.69, 9.17) is 11.6 Å². The van der Waals surface area contributed by atoms with Crippen LogP contribution in [0.2, 0.25) is 5.02 Å². The van der Waals surface area contributed by atoms with Gasteiger partial charge in [0.1, 0.15) is 0 Å².